The van der Waals surface area contributed by atoms with Gasteiger partial charge in [0.25, 0.3) is 5.91 Å². The Morgan fingerprint density at radius 3 is 2.31 bits per heavy atom. The molecule has 9 heteroatoms. The van der Waals surface area contributed by atoms with Crippen molar-refractivity contribution in [1.82, 2.24) is 20.2 Å². The van der Waals surface area contributed by atoms with Crippen LogP contribution in [-0.4, -0.2) is 74.1 Å². The Morgan fingerprint density at radius 2 is 1.77 bits per heavy atom. The van der Waals surface area contributed by atoms with E-state index in [1.807, 2.05) is 0 Å². The van der Waals surface area contributed by atoms with Crippen molar-refractivity contribution in [3.63, 3.8) is 0 Å². The molecule has 3 aliphatic heterocycles. The van der Waals surface area contributed by atoms with Gasteiger partial charge in [0.2, 0.25) is 0 Å². The predicted molar refractivity (Wildman–Crippen MR) is 97.6 cm³/mol. The Balaban J connectivity index is 1.57. The molecule has 0 saturated carbocycles. The fraction of sp³-hybridized carbons (Fsp3) is 0.706. The van der Waals surface area contributed by atoms with Crippen molar-refractivity contribution in [3.05, 3.63) is 24.3 Å². The summed E-state index contributed by atoms with van der Waals surface area (Å²) >= 11 is 0. The smallest absolute Gasteiger partial charge is 0.369 e. The first-order chi connectivity index (χ1) is 12.5. The number of nitrogens with zero attached hydrogens (tertiary/aromatic N) is 3. The quantitative estimate of drug-likeness (QED) is 0.604. The van der Waals surface area contributed by atoms with Crippen molar-refractivity contribution in [2.75, 3.05) is 26.2 Å². The number of carbonyl (C=O) groups excluding carboxylic acids is 1. The van der Waals surface area contributed by atoms with Crippen LogP contribution < -0.4 is 5.32 Å². The topological polar surface area (TPSA) is 85.8 Å². The molecular weight excluding hydrogens is 352 g/mol. The third-order valence-corrected chi connectivity index (χ3v) is 7.68. The minimum atomic E-state index is -2.77. The highest BCUT2D eigenvalue weighted by Gasteiger charge is 2.48. The van der Waals surface area contributed by atoms with Crippen LogP contribution in [0.25, 0.3) is 0 Å². The van der Waals surface area contributed by atoms with Gasteiger partial charge < -0.3 is 18.6 Å². The van der Waals surface area contributed by atoms with Gasteiger partial charge in [0, 0.05) is 44.6 Å². The zero-order valence-corrected chi connectivity index (χ0v) is 16.7. The maximum atomic E-state index is 12.1. The highest BCUT2D eigenvalue weighted by Crippen LogP contribution is 2.28. The van der Waals surface area contributed by atoms with E-state index in [1.54, 1.807) is 6.20 Å². The van der Waals surface area contributed by atoms with E-state index < -0.39 is 8.80 Å². The van der Waals surface area contributed by atoms with Gasteiger partial charge in [-0.15, -0.1) is 0 Å². The molecule has 0 radical (unpaired) electrons. The summed E-state index contributed by atoms with van der Waals surface area (Å²) in [7, 11) is -2.77. The molecule has 1 aromatic heterocycles. The number of hydrogen-bond acceptors (Lipinski definition) is 7. The molecule has 3 atom stereocenters. The summed E-state index contributed by atoms with van der Waals surface area (Å²) in [6.07, 6.45) is 5.48. The van der Waals surface area contributed by atoms with E-state index >= 15 is 0 Å². The molecule has 1 amide bonds. The molecule has 2 bridgehead atoms. The molecule has 144 valence electrons. The number of nitrogens with one attached hydrogen (secondary N) is 1. The standard InChI is InChI=1S/C17H28N4O4Si/c1-13-10-21-11-14(2)24-26(23-13,25-15(3)12-21)8-4-5-20-17(22)16-9-18-6-7-19-16/h6-7,9,13-15H,4-5,8,10-12H2,1-3H3,(H,20,22). The second kappa shape index (κ2) is 8.53. The van der Waals surface area contributed by atoms with Gasteiger partial charge in [0.05, 0.1) is 24.5 Å². The molecule has 1 aromatic rings. The van der Waals surface area contributed by atoms with Crippen LogP contribution in [0.4, 0.5) is 0 Å². The lowest BCUT2D eigenvalue weighted by molar-refractivity contribution is -0.0790. The molecule has 8 nitrogen and oxygen atoms in total. The van der Waals surface area contributed by atoms with Crippen LogP contribution in [0.15, 0.2) is 18.6 Å². The molecule has 4 rings (SSSR count). The van der Waals surface area contributed by atoms with Crippen LogP contribution >= 0.6 is 0 Å². The number of carbonyl (C=O) groups is 1. The molecule has 3 saturated heterocycles. The number of aromatic nitrogens is 2. The van der Waals surface area contributed by atoms with E-state index in [0.717, 1.165) is 26.1 Å². The van der Waals surface area contributed by atoms with Gasteiger partial charge in [-0.2, -0.15) is 0 Å². The lowest BCUT2D eigenvalue weighted by Gasteiger charge is -2.45. The third-order valence-electron chi connectivity index (χ3n) is 4.43. The Hall–Kier alpha value is -1.39. The average Bonchev–Trinajstić information content (AvgIpc) is 2.56. The van der Waals surface area contributed by atoms with Crippen LogP contribution in [0.5, 0.6) is 0 Å². The molecule has 3 fully saturated rings. The predicted octanol–water partition coefficient (Wildman–Crippen LogP) is 1.08. The molecule has 1 N–H and O–H groups in total. The van der Waals surface area contributed by atoms with Crippen molar-refractivity contribution in [2.45, 2.75) is 51.5 Å². The second-order valence-electron chi connectivity index (χ2n) is 7.14. The largest absolute Gasteiger partial charge is 0.501 e. The number of amides is 1. The molecule has 0 spiro atoms. The SMILES string of the molecule is CC1CN2CC(C)O[Si](CCCNC(=O)c3cnccn3)(O1)OC(C)C2. The zero-order chi connectivity index (χ0) is 18.6. The Bertz CT molecular complexity index is 570. The van der Waals surface area contributed by atoms with Gasteiger partial charge >= 0.3 is 8.80 Å². The number of fused-ring (bicyclic) bond motifs is 6. The van der Waals surface area contributed by atoms with Crippen molar-refractivity contribution in [1.29, 1.82) is 0 Å². The van der Waals surface area contributed by atoms with Crippen LogP contribution in [0.1, 0.15) is 37.7 Å². The van der Waals surface area contributed by atoms with Crippen LogP contribution in [0.2, 0.25) is 6.04 Å². The van der Waals surface area contributed by atoms with Crippen LogP contribution in [0.3, 0.4) is 0 Å². The second-order valence-corrected chi connectivity index (χ2v) is 9.71. The third kappa shape index (κ3) is 5.07. The van der Waals surface area contributed by atoms with E-state index in [4.69, 9.17) is 13.3 Å². The van der Waals surface area contributed by atoms with Gasteiger partial charge in [0.1, 0.15) is 5.69 Å². The summed E-state index contributed by atoms with van der Waals surface area (Å²) in [6, 6.07) is 0.687. The van der Waals surface area contributed by atoms with E-state index in [1.165, 1.54) is 12.4 Å². The highest BCUT2D eigenvalue weighted by molar-refractivity contribution is 6.60. The van der Waals surface area contributed by atoms with Crippen molar-refractivity contribution >= 4 is 14.7 Å². The maximum Gasteiger partial charge on any atom is 0.501 e. The Morgan fingerprint density at radius 1 is 1.15 bits per heavy atom. The van der Waals surface area contributed by atoms with Gasteiger partial charge in [-0.1, -0.05) is 0 Å². The van der Waals surface area contributed by atoms with Crippen LogP contribution in [-0.2, 0) is 13.3 Å². The minimum absolute atomic E-state index is 0.0795. The van der Waals surface area contributed by atoms with Crippen molar-refractivity contribution in [3.8, 4) is 0 Å². The van der Waals surface area contributed by atoms with E-state index in [0.29, 0.717) is 18.3 Å². The molecule has 3 unspecified atom stereocenters. The maximum absolute atomic E-state index is 12.1. The summed E-state index contributed by atoms with van der Waals surface area (Å²) in [4.78, 5) is 22.3. The number of hydrogen-bond donors (Lipinski definition) is 1. The molecule has 3 aliphatic rings. The highest BCUT2D eigenvalue weighted by atomic mass is 28.4. The van der Waals surface area contributed by atoms with E-state index in [-0.39, 0.29) is 24.2 Å². The lowest BCUT2D eigenvalue weighted by Crippen LogP contribution is -2.61. The van der Waals surface area contributed by atoms with Gasteiger partial charge in [-0.25, -0.2) is 4.98 Å². The van der Waals surface area contributed by atoms with Gasteiger partial charge in [0.15, 0.2) is 0 Å². The van der Waals surface area contributed by atoms with Gasteiger partial charge in [-0.05, 0) is 27.2 Å². The molecular formula is C17H28N4O4Si. The number of rotatable bonds is 5. The fourth-order valence-corrected chi connectivity index (χ4v) is 6.81. The van der Waals surface area contributed by atoms with Crippen molar-refractivity contribution in [2.24, 2.45) is 0 Å². The van der Waals surface area contributed by atoms with E-state index in [9.17, 15) is 4.79 Å². The summed E-state index contributed by atoms with van der Waals surface area (Å²) in [5.74, 6) is -0.221. The fourth-order valence-electron chi connectivity index (χ4n) is 3.62. The Kier molecular flexibility index (Phi) is 6.36. The molecule has 0 aliphatic carbocycles. The molecule has 0 aromatic carbocycles. The summed E-state index contributed by atoms with van der Waals surface area (Å²) in [5.41, 5.74) is 0.319. The monoisotopic (exact) mass is 380 g/mol. The average molecular weight is 381 g/mol. The first-order valence-corrected chi connectivity index (χ1v) is 11.2. The summed E-state index contributed by atoms with van der Waals surface area (Å²) in [6.45, 7) is 9.44. The normalized spacial score (nSPS) is 34.6. The van der Waals surface area contributed by atoms with Crippen molar-refractivity contribution < 1.29 is 18.1 Å². The first-order valence-electron chi connectivity index (χ1n) is 9.26. The molecule has 4 heterocycles. The van der Waals surface area contributed by atoms with E-state index in [2.05, 4.69) is 41.0 Å². The molecule has 26 heavy (non-hydrogen) atoms. The summed E-state index contributed by atoms with van der Waals surface area (Å²) < 4.78 is 18.9. The lowest BCUT2D eigenvalue weighted by atomic mass is 10.2. The van der Waals surface area contributed by atoms with Crippen LogP contribution in [0, 0.1) is 0 Å². The summed E-state index contributed by atoms with van der Waals surface area (Å²) in [5, 5.41) is 2.88. The Labute approximate surface area is 155 Å². The first kappa shape index (κ1) is 19.4. The zero-order valence-electron chi connectivity index (χ0n) is 15.7. The minimum Gasteiger partial charge on any atom is -0.369 e. The van der Waals surface area contributed by atoms with Gasteiger partial charge in [-0.3, -0.25) is 14.7 Å².